The van der Waals surface area contributed by atoms with Gasteiger partial charge < -0.3 is 15.8 Å². The van der Waals surface area contributed by atoms with Gasteiger partial charge in [0.1, 0.15) is 0 Å². The quantitative estimate of drug-likeness (QED) is 0.538. The lowest BCUT2D eigenvalue weighted by Crippen LogP contribution is -2.06. The number of ketones is 1. The minimum absolute atomic E-state index is 0.112. The number of thiophene rings is 1. The third kappa shape index (κ3) is 5.61. The second-order valence-electron chi connectivity index (χ2n) is 4.73. The number of Topliss-reactive ketones (excluding diaryl/α,β-unsaturated/α-hetero) is 1. The van der Waals surface area contributed by atoms with Gasteiger partial charge in [-0.3, -0.25) is 4.79 Å². The lowest BCUT2D eigenvalue weighted by molar-refractivity contribution is 0.0765. The SMILES string of the molecule is CCC(=O)c1sc(NCCCCOC(C)C)cc1N. The van der Waals surface area contributed by atoms with Crippen molar-refractivity contribution in [1.82, 2.24) is 0 Å². The van der Waals surface area contributed by atoms with E-state index < -0.39 is 0 Å². The predicted octanol–water partition coefficient (Wildman–Crippen LogP) is 3.54. The first-order chi connectivity index (χ1) is 9.04. The van der Waals surface area contributed by atoms with E-state index in [1.54, 1.807) is 0 Å². The summed E-state index contributed by atoms with van der Waals surface area (Å²) >= 11 is 1.44. The molecule has 1 aromatic heterocycles. The van der Waals surface area contributed by atoms with Crippen LogP contribution >= 0.6 is 11.3 Å². The Bertz CT molecular complexity index is 402. The van der Waals surface area contributed by atoms with Crippen LogP contribution < -0.4 is 11.1 Å². The molecule has 5 heteroatoms. The van der Waals surface area contributed by atoms with Gasteiger partial charge in [-0.15, -0.1) is 11.3 Å². The van der Waals surface area contributed by atoms with E-state index in [-0.39, 0.29) is 5.78 Å². The molecular formula is C14H24N2O2S. The molecule has 1 aromatic rings. The standard InChI is InChI=1S/C14H24N2O2S/c1-4-12(17)14-11(15)9-13(19-14)16-7-5-6-8-18-10(2)3/h9-10,16H,4-8,15H2,1-3H3. The lowest BCUT2D eigenvalue weighted by atomic mass is 10.2. The average Bonchev–Trinajstić information content (AvgIpc) is 2.73. The summed E-state index contributed by atoms with van der Waals surface area (Å²) in [7, 11) is 0. The van der Waals surface area contributed by atoms with Crippen LogP contribution in [0.4, 0.5) is 10.7 Å². The van der Waals surface area contributed by atoms with Crippen LogP contribution in [0, 0.1) is 0 Å². The molecule has 19 heavy (non-hydrogen) atoms. The summed E-state index contributed by atoms with van der Waals surface area (Å²) in [5, 5.41) is 4.28. The Morgan fingerprint density at radius 2 is 2.21 bits per heavy atom. The largest absolute Gasteiger partial charge is 0.397 e. The van der Waals surface area contributed by atoms with Crippen molar-refractivity contribution in [3.8, 4) is 0 Å². The second kappa shape index (κ2) is 8.17. The fourth-order valence-electron chi connectivity index (χ4n) is 1.63. The van der Waals surface area contributed by atoms with E-state index in [4.69, 9.17) is 10.5 Å². The average molecular weight is 284 g/mol. The van der Waals surface area contributed by atoms with Gasteiger partial charge >= 0.3 is 0 Å². The van der Waals surface area contributed by atoms with Crippen molar-refractivity contribution >= 4 is 27.8 Å². The van der Waals surface area contributed by atoms with Crippen LogP contribution in [-0.2, 0) is 4.74 Å². The second-order valence-corrected chi connectivity index (χ2v) is 5.78. The summed E-state index contributed by atoms with van der Waals surface area (Å²) in [4.78, 5) is 12.3. The van der Waals surface area contributed by atoms with Gasteiger partial charge in [0, 0.05) is 19.6 Å². The molecule has 0 amide bonds. The molecule has 0 saturated heterocycles. The molecule has 0 aliphatic heterocycles. The Morgan fingerprint density at radius 1 is 1.47 bits per heavy atom. The minimum atomic E-state index is 0.112. The van der Waals surface area contributed by atoms with Gasteiger partial charge in [0.25, 0.3) is 0 Å². The van der Waals surface area contributed by atoms with Gasteiger partial charge in [-0.05, 0) is 32.8 Å². The van der Waals surface area contributed by atoms with Crippen LogP contribution in [-0.4, -0.2) is 25.0 Å². The summed E-state index contributed by atoms with van der Waals surface area (Å²) in [6, 6.07) is 1.85. The molecule has 0 atom stereocenters. The van der Waals surface area contributed by atoms with Crippen LogP contribution in [0.2, 0.25) is 0 Å². The van der Waals surface area contributed by atoms with Gasteiger partial charge in [-0.1, -0.05) is 6.92 Å². The van der Waals surface area contributed by atoms with Crippen molar-refractivity contribution < 1.29 is 9.53 Å². The molecule has 0 aliphatic carbocycles. The summed E-state index contributed by atoms with van der Waals surface area (Å²) in [6.07, 6.45) is 2.87. The predicted molar refractivity (Wildman–Crippen MR) is 82.2 cm³/mol. The number of rotatable bonds is 9. The molecule has 108 valence electrons. The fraction of sp³-hybridized carbons (Fsp3) is 0.643. The number of ether oxygens (including phenoxy) is 1. The number of carbonyl (C=O) groups excluding carboxylic acids is 1. The number of nitrogens with one attached hydrogen (secondary N) is 1. The van der Waals surface area contributed by atoms with Crippen LogP contribution in [0.3, 0.4) is 0 Å². The Morgan fingerprint density at radius 3 is 2.84 bits per heavy atom. The summed E-state index contributed by atoms with van der Waals surface area (Å²) in [5.74, 6) is 0.112. The van der Waals surface area contributed by atoms with E-state index in [0.29, 0.717) is 23.1 Å². The number of unbranched alkanes of at least 4 members (excludes halogenated alkanes) is 1. The maximum Gasteiger partial charge on any atom is 0.174 e. The zero-order chi connectivity index (χ0) is 14.3. The number of hydrogen-bond donors (Lipinski definition) is 2. The van der Waals surface area contributed by atoms with Crippen LogP contribution in [0.1, 0.15) is 49.7 Å². The van der Waals surface area contributed by atoms with E-state index in [1.165, 1.54) is 11.3 Å². The van der Waals surface area contributed by atoms with E-state index in [9.17, 15) is 4.79 Å². The molecule has 0 aromatic carbocycles. The van der Waals surface area contributed by atoms with Crippen LogP contribution in [0.5, 0.6) is 0 Å². The van der Waals surface area contributed by atoms with E-state index in [0.717, 1.165) is 31.0 Å². The van der Waals surface area contributed by atoms with E-state index in [1.807, 2.05) is 26.8 Å². The first-order valence-electron chi connectivity index (χ1n) is 6.82. The smallest absolute Gasteiger partial charge is 0.174 e. The summed E-state index contributed by atoms with van der Waals surface area (Å²) < 4.78 is 5.47. The number of nitrogen functional groups attached to an aromatic ring is 1. The molecule has 3 N–H and O–H groups in total. The van der Waals surface area contributed by atoms with Crippen molar-refractivity contribution in [2.75, 3.05) is 24.2 Å². The summed E-state index contributed by atoms with van der Waals surface area (Å²) in [5.41, 5.74) is 6.42. The molecule has 0 unspecified atom stereocenters. The Hall–Kier alpha value is -1.07. The number of anilines is 2. The van der Waals surface area contributed by atoms with Crippen molar-refractivity contribution in [2.45, 2.75) is 46.1 Å². The fourth-order valence-corrected chi connectivity index (χ4v) is 2.64. The highest BCUT2D eigenvalue weighted by molar-refractivity contribution is 7.18. The summed E-state index contributed by atoms with van der Waals surface area (Å²) in [6.45, 7) is 7.61. The van der Waals surface area contributed by atoms with Gasteiger partial charge in [-0.25, -0.2) is 0 Å². The first kappa shape index (κ1) is 16.0. The van der Waals surface area contributed by atoms with Crippen molar-refractivity contribution in [3.05, 3.63) is 10.9 Å². The molecule has 1 rings (SSSR count). The topological polar surface area (TPSA) is 64.3 Å². The van der Waals surface area contributed by atoms with Gasteiger partial charge in [0.15, 0.2) is 5.78 Å². The number of nitrogens with two attached hydrogens (primary N) is 1. The molecule has 0 aliphatic rings. The number of carbonyl (C=O) groups is 1. The van der Waals surface area contributed by atoms with E-state index in [2.05, 4.69) is 5.32 Å². The molecule has 0 radical (unpaired) electrons. The molecule has 0 bridgehead atoms. The van der Waals surface area contributed by atoms with Crippen molar-refractivity contribution in [1.29, 1.82) is 0 Å². The number of hydrogen-bond acceptors (Lipinski definition) is 5. The van der Waals surface area contributed by atoms with E-state index >= 15 is 0 Å². The molecule has 0 fully saturated rings. The first-order valence-corrected chi connectivity index (χ1v) is 7.64. The third-order valence-electron chi connectivity index (χ3n) is 2.66. The van der Waals surface area contributed by atoms with Crippen molar-refractivity contribution in [3.63, 3.8) is 0 Å². The van der Waals surface area contributed by atoms with Crippen LogP contribution in [0.15, 0.2) is 6.07 Å². The highest BCUT2D eigenvalue weighted by Crippen LogP contribution is 2.30. The molecule has 1 heterocycles. The molecular weight excluding hydrogens is 260 g/mol. The zero-order valence-corrected chi connectivity index (χ0v) is 12.8. The Labute approximate surface area is 119 Å². The molecule has 0 spiro atoms. The highest BCUT2D eigenvalue weighted by Gasteiger charge is 2.12. The highest BCUT2D eigenvalue weighted by atomic mass is 32.1. The maximum atomic E-state index is 11.6. The normalized spacial score (nSPS) is 10.9. The lowest BCUT2D eigenvalue weighted by Gasteiger charge is -2.07. The van der Waals surface area contributed by atoms with Gasteiger partial charge in [0.2, 0.25) is 0 Å². The Balaban J connectivity index is 2.28. The monoisotopic (exact) mass is 284 g/mol. The van der Waals surface area contributed by atoms with Gasteiger partial charge in [-0.2, -0.15) is 0 Å². The van der Waals surface area contributed by atoms with Gasteiger partial charge in [0.05, 0.1) is 21.7 Å². The minimum Gasteiger partial charge on any atom is -0.397 e. The van der Waals surface area contributed by atoms with Crippen molar-refractivity contribution in [2.24, 2.45) is 0 Å². The molecule has 4 nitrogen and oxygen atoms in total. The van der Waals surface area contributed by atoms with Crippen LogP contribution in [0.25, 0.3) is 0 Å². The zero-order valence-electron chi connectivity index (χ0n) is 12.0. The molecule has 0 saturated carbocycles. The third-order valence-corrected chi connectivity index (χ3v) is 3.81. The maximum absolute atomic E-state index is 11.6. The Kier molecular flexibility index (Phi) is 6.87.